The van der Waals surface area contributed by atoms with Gasteiger partial charge in [-0.1, -0.05) is 23.4 Å². The van der Waals surface area contributed by atoms with Crippen molar-refractivity contribution in [2.75, 3.05) is 12.8 Å². The van der Waals surface area contributed by atoms with E-state index in [9.17, 15) is 14.7 Å². The third-order valence-corrected chi connectivity index (χ3v) is 4.29. The van der Waals surface area contributed by atoms with Gasteiger partial charge in [0.05, 0.1) is 11.2 Å². The second-order valence-corrected chi connectivity index (χ2v) is 5.87. The van der Waals surface area contributed by atoms with Crippen LogP contribution >= 0.6 is 23.4 Å². The number of carbonyl (C=O) groups excluding carboxylic acids is 1. The van der Waals surface area contributed by atoms with E-state index in [2.05, 4.69) is 9.97 Å². The monoisotopic (exact) mass is 315 g/mol. The molecule has 0 saturated carbocycles. The Labute approximate surface area is 125 Å². The Balaban J connectivity index is 2.38. The normalized spacial score (nSPS) is 22.1. The average molecular weight is 316 g/mol. The molecular formula is C12H14ClN3O3S. The number of aromatic nitrogens is 2. The Kier molecular flexibility index (Phi) is 4.19. The summed E-state index contributed by atoms with van der Waals surface area (Å²) in [6.45, 7) is 1.93. The van der Waals surface area contributed by atoms with Crippen molar-refractivity contribution in [2.24, 2.45) is 0 Å². The van der Waals surface area contributed by atoms with Crippen LogP contribution in [-0.2, 0) is 4.79 Å². The van der Waals surface area contributed by atoms with Gasteiger partial charge in [0.25, 0.3) is 5.91 Å². The highest BCUT2D eigenvalue weighted by Crippen LogP contribution is 2.31. The zero-order chi connectivity index (χ0) is 14.9. The van der Waals surface area contributed by atoms with Crippen LogP contribution in [0.4, 0.5) is 0 Å². The smallest absolute Gasteiger partial charge is 0.329 e. The molecule has 6 nitrogen and oxygen atoms in total. The number of likely N-dealkylation sites (tertiary alicyclic amines) is 1. The summed E-state index contributed by atoms with van der Waals surface area (Å²) in [5.41, 5.74) is -1.15. The van der Waals surface area contributed by atoms with Gasteiger partial charge < -0.3 is 10.0 Å². The number of carboxylic acids is 1. The zero-order valence-electron chi connectivity index (χ0n) is 11.1. The first-order valence-electron chi connectivity index (χ1n) is 6.02. The quantitative estimate of drug-likeness (QED) is 0.678. The van der Waals surface area contributed by atoms with Gasteiger partial charge in [-0.25, -0.2) is 14.8 Å². The molecule has 1 aliphatic rings. The van der Waals surface area contributed by atoms with Crippen LogP contribution in [0.2, 0.25) is 5.02 Å². The van der Waals surface area contributed by atoms with Crippen LogP contribution in [0.15, 0.2) is 11.4 Å². The van der Waals surface area contributed by atoms with Gasteiger partial charge in [-0.15, -0.1) is 0 Å². The zero-order valence-corrected chi connectivity index (χ0v) is 12.7. The van der Waals surface area contributed by atoms with Crippen LogP contribution in [0, 0.1) is 0 Å². The molecule has 2 rings (SSSR count). The highest BCUT2D eigenvalue weighted by atomic mass is 35.5. The summed E-state index contributed by atoms with van der Waals surface area (Å²) in [7, 11) is 0. The van der Waals surface area contributed by atoms with Crippen molar-refractivity contribution in [3.05, 3.63) is 16.9 Å². The molecule has 0 aromatic carbocycles. The number of carbonyl (C=O) groups is 2. The summed E-state index contributed by atoms with van der Waals surface area (Å²) in [5, 5.41) is 9.90. The van der Waals surface area contributed by atoms with E-state index < -0.39 is 17.4 Å². The number of aliphatic carboxylic acids is 1. The van der Waals surface area contributed by atoms with Gasteiger partial charge in [0.15, 0.2) is 10.9 Å². The molecule has 0 spiro atoms. The Morgan fingerprint density at radius 3 is 2.85 bits per heavy atom. The van der Waals surface area contributed by atoms with Gasteiger partial charge in [-0.05, 0) is 26.0 Å². The first kappa shape index (κ1) is 15.1. The van der Waals surface area contributed by atoms with Gasteiger partial charge in [0, 0.05) is 6.54 Å². The SMILES string of the molecule is CSc1ncc(Cl)c(C(=O)N2CCCC2(C)C(=O)O)n1. The van der Waals surface area contributed by atoms with Gasteiger partial charge in [0.2, 0.25) is 0 Å². The molecule has 1 amide bonds. The van der Waals surface area contributed by atoms with Crippen LogP contribution < -0.4 is 0 Å². The van der Waals surface area contributed by atoms with Crippen molar-refractivity contribution in [1.29, 1.82) is 0 Å². The van der Waals surface area contributed by atoms with E-state index in [-0.39, 0.29) is 10.7 Å². The molecule has 1 fully saturated rings. The summed E-state index contributed by atoms with van der Waals surface area (Å²) < 4.78 is 0. The fourth-order valence-corrected chi connectivity index (χ4v) is 2.75. The molecule has 1 aromatic heterocycles. The van der Waals surface area contributed by atoms with Crippen LogP contribution in [0.25, 0.3) is 0 Å². The second kappa shape index (κ2) is 5.57. The molecule has 1 saturated heterocycles. The standard InChI is InChI=1S/C12H14ClN3O3S/c1-12(10(18)19)4-3-5-16(12)9(17)8-7(13)6-14-11(15-8)20-2/h6H,3-5H2,1-2H3,(H,18,19). The first-order valence-corrected chi connectivity index (χ1v) is 7.62. The fourth-order valence-electron chi connectivity index (χ4n) is 2.24. The van der Waals surface area contributed by atoms with Gasteiger partial charge >= 0.3 is 5.97 Å². The largest absolute Gasteiger partial charge is 0.480 e. The maximum absolute atomic E-state index is 12.5. The molecular weight excluding hydrogens is 302 g/mol. The van der Waals surface area contributed by atoms with Crippen molar-refractivity contribution in [1.82, 2.24) is 14.9 Å². The summed E-state index contributed by atoms with van der Waals surface area (Å²) >= 11 is 7.26. The summed E-state index contributed by atoms with van der Waals surface area (Å²) in [6.07, 6.45) is 4.22. The molecule has 1 N–H and O–H groups in total. The third kappa shape index (κ3) is 2.47. The molecule has 8 heteroatoms. The number of carboxylic acid groups (broad SMARTS) is 1. The molecule has 0 bridgehead atoms. The average Bonchev–Trinajstić information content (AvgIpc) is 2.82. The summed E-state index contributed by atoms with van der Waals surface area (Å²) in [6, 6.07) is 0. The summed E-state index contributed by atoms with van der Waals surface area (Å²) in [5.74, 6) is -1.48. The maximum atomic E-state index is 12.5. The molecule has 1 unspecified atom stereocenters. The number of halogens is 1. The van der Waals surface area contributed by atoms with E-state index >= 15 is 0 Å². The Morgan fingerprint density at radius 1 is 1.55 bits per heavy atom. The molecule has 20 heavy (non-hydrogen) atoms. The van der Waals surface area contributed by atoms with E-state index in [0.29, 0.717) is 24.5 Å². The van der Waals surface area contributed by atoms with Crippen molar-refractivity contribution in [2.45, 2.75) is 30.5 Å². The van der Waals surface area contributed by atoms with Gasteiger partial charge in [-0.2, -0.15) is 0 Å². The first-order chi connectivity index (χ1) is 9.40. The highest BCUT2D eigenvalue weighted by molar-refractivity contribution is 7.98. The van der Waals surface area contributed by atoms with Crippen molar-refractivity contribution in [3.63, 3.8) is 0 Å². The number of hydrogen-bond donors (Lipinski definition) is 1. The van der Waals surface area contributed by atoms with E-state index in [0.717, 1.165) is 0 Å². The minimum absolute atomic E-state index is 0.0559. The lowest BCUT2D eigenvalue weighted by atomic mass is 9.99. The Bertz CT molecular complexity index is 569. The fraction of sp³-hybridized carbons (Fsp3) is 0.500. The van der Waals surface area contributed by atoms with E-state index in [4.69, 9.17) is 11.6 Å². The lowest BCUT2D eigenvalue weighted by Crippen LogP contribution is -2.51. The molecule has 1 aromatic rings. The maximum Gasteiger partial charge on any atom is 0.329 e. The van der Waals surface area contributed by atoms with Crippen molar-refractivity contribution in [3.8, 4) is 0 Å². The van der Waals surface area contributed by atoms with Gasteiger partial charge in [0.1, 0.15) is 5.54 Å². The minimum atomic E-state index is -1.20. The lowest BCUT2D eigenvalue weighted by molar-refractivity contribution is -0.147. The van der Waals surface area contributed by atoms with Crippen LogP contribution in [0.5, 0.6) is 0 Å². The Morgan fingerprint density at radius 2 is 2.25 bits per heavy atom. The minimum Gasteiger partial charge on any atom is -0.480 e. The van der Waals surface area contributed by atoms with Crippen molar-refractivity contribution >= 4 is 35.2 Å². The Hall–Kier alpha value is -1.34. The summed E-state index contributed by atoms with van der Waals surface area (Å²) in [4.78, 5) is 33.3. The van der Waals surface area contributed by atoms with E-state index in [1.54, 1.807) is 13.2 Å². The number of nitrogens with zero attached hydrogens (tertiary/aromatic N) is 3. The van der Waals surface area contributed by atoms with Crippen LogP contribution in [0.3, 0.4) is 0 Å². The third-order valence-electron chi connectivity index (χ3n) is 3.45. The lowest BCUT2D eigenvalue weighted by Gasteiger charge is -2.31. The van der Waals surface area contributed by atoms with Gasteiger partial charge in [-0.3, -0.25) is 4.79 Å². The van der Waals surface area contributed by atoms with Crippen LogP contribution in [-0.4, -0.2) is 50.2 Å². The number of hydrogen-bond acceptors (Lipinski definition) is 5. The van der Waals surface area contributed by atoms with Crippen LogP contribution in [0.1, 0.15) is 30.3 Å². The van der Waals surface area contributed by atoms with E-state index in [1.165, 1.54) is 22.9 Å². The topological polar surface area (TPSA) is 83.4 Å². The predicted molar refractivity (Wildman–Crippen MR) is 75.1 cm³/mol. The molecule has 2 heterocycles. The molecule has 1 atom stereocenters. The van der Waals surface area contributed by atoms with Crippen molar-refractivity contribution < 1.29 is 14.7 Å². The molecule has 0 aliphatic carbocycles. The number of amides is 1. The molecule has 0 radical (unpaired) electrons. The molecule has 108 valence electrons. The number of thioether (sulfide) groups is 1. The number of rotatable bonds is 3. The predicted octanol–water partition coefficient (Wildman–Crippen LogP) is 1.93. The highest BCUT2D eigenvalue weighted by Gasteiger charge is 2.46. The molecule has 1 aliphatic heterocycles. The van der Waals surface area contributed by atoms with E-state index in [1.807, 2.05) is 0 Å². The second-order valence-electron chi connectivity index (χ2n) is 4.69.